The number of halogens is 1. The Kier molecular flexibility index (Phi) is 4.96. The van der Waals surface area contributed by atoms with Crippen molar-refractivity contribution in [1.29, 1.82) is 0 Å². The molecule has 1 unspecified atom stereocenters. The van der Waals surface area contributed by atoms with Gasteiger partial charge in [0.1, 0.15) is 5.75 Å². The summed E-state index contributed by atoms with van der Waals surface area (Å²) in [5.74, 6) is 0.785. The van der Waals surface area contributed by atoms with Gasteiger partial charge in [-0.2, -0.15) is 0 Å². The van der Waals surface area contributed by atoms with Crippen LogP contribution in [-0.4, -0.2) is 18.6 Å². The first-order valence-electron chi connectivity index (χ1n) is 6.13. The molecule has 2 heterocycles. The SMILES string of the molecule is CCNC(c1cncc(OC)c1)c1cc(C)c(Br)s1. The molecular weight excluding hydrogens is 324 g/mol. The topological polar surface area (TPSA) is 34.2 Å². The molecule has 2 aromatic heterocycles. The summed E-state index contributed by atoms with van der Waals surface area (Å²) in [4.78, 5) is 5.52. The third kappa shape index (κ3) is 3.35. The van der Waals surface area contributed by atoms with Crippen LogP contribution in [0, 0.1) is 6.92 Å². The minimum Gasteiger partial charge on any atom is -0.495 e. The van der Waals surface area contributed by atoms with Gasteiger partial charge in [0.2, 0.25) is 0 Å². The van der Waals surface area contributed by atoms with Crippen molar-refractivity contribution < 1.29 is 4.74 Å². The molecule has 3 nitrogen and oxygen atoms in total. The standard InChI is InChI=1S/C14H17BrN2OS/c1-4-17-13(12-5-9(2)14(15)19-12)10-6-11(18-3)8-16-7-10/h5-8,13,17H,4H2,1-3H3. The van der Waals surface area contributed by atoms with Crippen molar-refractivity contribution in [2.24, 2.45) is 0 Å². The lowest BCUT2D eigenvalue weighted by Gasteiger charge is -2.17. The summed E-state index contributed by atoms with van der Waals surface area (Å²) in [6.07, 6.45) is 3.61. The van der Waals surface area contributed by atoms with Gasteiger partial charge in [-0.15, -0.1) is 11.3 Å². The summed E-state index contributed by atoms with van der Waals surface area (Å²) in [6, 6.07) is 4.40. The van der Waals surface area contributed by atoms with Gasteiger partial charge in [-0.05, 0) is 52.7 Å². The van der Waals surface area contributed by atoms with Crippen LogP contribution in [-0.2, 0) is 0 Å². The van der Waals surface area contributed by atoms with E-state index in [9.17, 15) is 0 Å². The summed E-state index contributed by atoms with van der Waals surface area (Å²) in [6.45, 7) is 5.11. The van der Waals surface area contributed by atoms with Crippen LogP contribution in [0.15, 0.2) is 28.3 Å². The van der Waals surface area contributed by atoms with E-state index in [0.717, 1.165) is 17.9 Å². The number of hydrogen-bond acceptors (Lipinski definition) is 4. The maximum absolute atomic E-state index is 5.25. The lowest BCUT2D eigenvalue weighted by molar-refractivity contribution is 0.411. The molecule has 0 spiro atoms. The Bertz CT molecular complexity index is 537. The molecule has 2 rings (SSSR count). The molecule has 19 heavy (non-hydrogen) atoms. The first-order valence-corrected chi connectivity index (χ1v) is 7.74. The van der Waals surface area contributed by atoms with Gasteiger partial charge in [0.15, 0.2) is 0 Å². The Labute approximate surface area is 126 Å². The van der Waals surface area contributed by atoms with E-state index in [4.69, 9.17) is 4.74 Å². The lowest BCUT2D eigenvalue weighted by atomic mass is 10.1. The smallest absolute Gasteiger partial charge is 0.137 e. The second-order valence-corrected chi connectivity index (χ2v) is 6.66. The second kappa shape index (κ2) is 6.50. The number of rotatable bonds is 5. The predicted octanol–water partition coefficient (Wildman–Crippen LogP) is 3.92. The van der Waals surface area contributed by atoms with Crippen LogP contribution in [0.4, 0.5) is 0 Å². The second-order valence-electron chi connectivity index (χ2n) is 4.25. The third-order valence-corrected chi connectivity index (χ3v) is 5.07. The van der Waals surface area contributed by atoms with Gasteiger partial charge in [0.25, 0.3) is 0 Å². The van der Waals surface area contributed by atoms with Gasteiger partial charge in [0.05, 0.1) is 23.1 Å². The molecule has 0 radical (unpaired) electrons. The van der Waals surface area contributed by atoms with Crippen molar-refractivity contribution in [2.45, 2.75) is 19.9 Å². The Morgan fingerprint density at radius 1 is 1.42 bits per heavy atom. The number of methoxy groups -OCH3 is 1. The molecule has 1 N–H and O–H groups in total. The highest BCUT2D eigenvalue weighted by molar-refractivity contribution is 9.11. The molecule has 2 aromatic rings. The fourth-order valence-corrected chi connectivity index (χ4v) is 3.59. The third-order valence-electron chi connectivity index (χ3n) is 2.87. The molecule has 0 aliphatic heterocycles. The van der Waals surface area contributed by atoms with Gasteiger partial charge in [-0.25, -0.2) is 0 Å². The van der Waals surface area contributed by atoms with Gasteiger partial charge in [0, 0.05) is 11.1 Å². The molecule has 5 heteroatoms. The fourth-order valence-electron chi connectivity index (χ4n) is 1.92. The minimum atomic E-state index is 0.155. The minimum absolute atomic E-state index is 0.155. The van der Waals surface area contributed by atoms with E-state index >= 15 is 0 Å². The fraction of sp³-hybridized carbons (Fsp3) is 0.357. The zero-order valence-corrected chi connectivity index (χ0v) is 13.6. The van der Waals surface area contributed by atoms with E-state index in [0.29, 0.717) is 0 Å². The number of nitrogens with zero attached hydrogens (tertiary/aromatic N) is 1. The Balaban J connectivity index is 2.38. The zero-order chi connectivity index (χ0) is 13.8. The van der Waals surface area contributed by atoms with Crippen LogP contribution in [0.25, 0.3) is 0 Å². The quantitative estimate of drug-likeness (QED) is 0.895. The van der Waals surface area contributed by atoms with Gasteiger partial charge in [-0.1, -0.05) is 6.92 Å². The zero-order valence-electron chi connectivity index (χ0n) is 11.2. The average Bonchev–Trinajstić information content (AvgIpc) is 2.75. The summed E-state index contributed by atoms with van der Waals surface area (Å²) in [5, 5.41) is 3.50. The Morgan fingerprint density at radius 2 is 2.21 bits per heavy atom. The molecular formula is C14H17BrN2OS. The molecule has 1 atom stereocenters. The van der Waals surface area contributed by atoms with Crippen LogP contribution in [0.1, 0.15) is 29.0 Å². The predicted molar refractivity (Wildman–Crippen MR) is 83.1 cm³/mol. The van der Waals surface area contributed by atoms with Gasteiger partial charge < -0.3 is 10.1 Å². The Morgan fingerprint density at radius 3 is 2.79 bits per heavy atom. The maximum atomic E-state index is 5.25. The van der Waals surface area contributed by atoms with E-state index in [1.54, 1.807) is 24.6 Å². The maximum Gasteiger partial charge on any atom is 0.137 e. The van der Waals surface area contributed by atoms with E-state index in [-0.39, 0.29) is 6.04 Å². The number of aromatic nitrogens is 1. The summed E-state index contributed by atoms with van der Waals surface area (Å²) in [5.41, 5.74) is 2.38. The van der Waals surface area contributed by atoms with Crippen molar-refractivity contribution in [3.8, 4) is 5.75 Å². The molecule has 0 saturated carbocycles. The van der Waals surface area contributed by atoms with Crippen LogP contribution in [0.3, 0.4) is 0 Å². The summed E-state index contributed by atoms with van der Waals surface area (Å²) < 4.78 is 6.43. The average molecular weight is 341 g/mol. The number of nitrogens with one attached hydrogen (secondary N) is 1. The van der Waals surface area contributed by atoms with Crippen molar-refractivity contribution in [3.05, 3.63) is 44.3 Å². The molecule has 0 aliphatic rings. The van der Waals surface area contributed by atoms with Gasteiger partial charge >= 0.3 is 0 Å². The Hall–Kier alpha value is -0.910. The molecule has 0 aliphatic carbocycles. The van der Waals surface area contributed by atoms with Crippen molar-refractivity contribution in [1.82, 2.24) is 10.3 Å². The van der Waals surface area contributed by atoms with Crippen molar-refractivity contribution in [3.63, 3.8) is 0 Å². The summed E-state index contributed by atoms with van der Waals surface area (Å²) in [7, 11) is 1.66. The number of ether oxygens (including phenoxy) is 1. The monoisotopic (exact) mass is 340 g/mol. The molecule has 0 amide bonds. The molecule has 0 saturated heterocycles. The van der Waals surface area contributed by atoms with E-state index < -0.39 is 0 Å². The van der Waals surface area contributed by atoms with E-state index in [1.807, 2.05) is 12.3 Å². The van der Waals surface area contributed by atoms with E-state index in [1.165, 1.54) is 14.2 Å². The normalized spacial score (nSPS) is 12.4. The largest absolute Gasteiger partial charge is 0.495 e. The molecule has 0 bridgehead atoms. The molecule has 102 valence electrons. The van der Waals surface area contributed by atoms with Crippen molar-refractivity contribution in [2.75, 3.05) is 13.7 Å². The molecule has 0 fully saturated rings. The summed E-state index contributed by atoms with van der Waals surface area (Å²) >= 11 is 5.34. The lowest BCUT2D eigenvalue weighted by Crippen LogP contribution is -2.21. The number of hydrogen-bond donors (Lipinski definition) is 1. The molecule has 0 aromatic carbocycles. The first-order chi connectivity index (χ1) is 9.15. The van der Waals surface area contributed by atoms with E-state index in [2.05, 4.69) is 46.1 Å². The number of aryl methyl sites for hydroxylation is 1. The van der Waals surface area contributed by atoms with Crippen LogP contribution in [0.5, 0.6) is 5.75 Å². The van der Waals surface area contributed by atoms with Crippen LogP contribution >= 0.6 is 27.3 Å². The number of thiophene rings is 1. The van der Waals surface area contributed by atoms with Crippen LogP contribution < -0.4 is 10.1 Å². The first kappa shape index (κ1) is 14.5. The highest BCUT2D eigenvalue weighted by Crippen LogP contribution is 2.34. The van der Waals surface area contributed by atoms with Gasteiger partial charge in [-0.3, -0.25) is 4.98 Å². The highest BCUT2D eigenvalue weighted by atomic mass is 79.9. The highest BCUT2D eigenvalue weighted by Gasteiger charge is 2.17. The number of pyridine rings is 1. The van der Waals surface area contributed by atoms with Crippen LogP contribution in [0.2, 0.25) is 0 Å². The van der Waals surface area contributed by atoms with Crippen molar-refractivity contribution >= 4 is 27.3 Å².